The Balaban J connectivity index is 2.13. The fourth-order valence-corrected chi connectivity index (χ4v) is 2.23. The van der Waals surface area contributed by atoms with Crippen LogP contribution >= 0.6 is 0 Å². The van der Waals surface area contributed by atoms with Crippen molar-refractivity contribution in [1.82, 2.24) is 4.98 Å². The third-order valence-electron chi connectivity index (χ3n) is 3.31. The van der Waals surface area contributed by atoms with Gasteiger partial charge in [-0.25, -0.2) is 4.98 Å². The summed E-state index contributed by atoms with van der Waals surface area (Å²) < 4.78 is 37.7. The van der Waals surface area contributed by atoms with Crippen LogP contribution in [-0.2, 0) is 0 Å². The molecule has 2 rings (SSSR count). The number of aromatic nitrogens is 1. The maximum Gasteiger partial charge on any atom is 0.391 e. The van der Waals surface area contributed by atoms with E-state index in [0.29, 0.717) is 0 Å². The van der Waals surface area contributed by atoms with Crippen molar-refractivity contribution in [2.45, 2.75) is 19.0 Å². The molecule has 1 aliphatic rings. The number of anilines is 2. The highest BCUT2D eigenvalue weighted by atomic mass is 19.4. The summed E-state index contributed by atoms with van der Waals surface area (Å²) in [5.74, 6) is -1.10. The predicted molar refractivity (Wildman–Crippen MR) is 66.3 cm³/mol. The number of hydrogen-bond acceptors (Lipinski definition) is 5. The van der Waals surface area contributed by atoms with E-state index in [1.807, 2.05) is 0 Å². The summed E-state index contributed by atoms with van der Waals surface area (Å²) in [6, 6.07) is 2.34. The fourth-order valence-electron chi connectivity index (χ4n) is 2.23. The third kappa shape index (κ3) is 3.09. The van der Waals surface area contributed by atoms with Crippen LogP contribution in [0.1, 0.15) is 12.8 Å². The van der Waals surface area contributed by atoms with Gasteiger partial charge in [-0.05, 0) is 12.8 Å². The van der Waals surface area contributed by atoms with Gasteiger partial charge in [0.2, 0.25) is 0 Å². The van der Waals surface area contributed by atoms with Crippen LogP contribution in [0, 0.1) is 16.0 Å². The molecular formula is C11H13F3N4O2. The number of nitro groups is 1. The number of nitrogens with zero attached hydrogens (tertiary/aromatic N) is 3. The van der Waals surface area contributed by atoms with Crippen LogP contribution in [0.15, 0.2) is 12.1 Å². The Kier molecular flexibility index (Phi) is 3.69. The van der Waals surface area contributed by atoms with Crippen LogP contribution in [-0.4, -0.2) is 29.2 Å². The SMILES string of the molecule is Nc1cc([N+](=O)[O-])cc(N2CCC(C(F)(F)F)CC2)n1. The number of hydrogen-bond donors (Lipinski definition) is 1. The van der Waals surface area contributed by atoms with Gasteiger partial charge in [-0.3, -0.25) is 10.1 Å². The second-order valence-corrected chi connectivity index (χ2v) is 4.67. The van der Waals surface area contributed by atoms with E-state index < -0.39 is 17.0 Å². The van der Waals surface area contributed by atoms with Crippen molar-refractivity contribution >= 4 is 17.3 Å². The van der Waals surface area contributed by atoms with E-state index in [1.165, 1.54) is 6.07 Å². The molecule has 6 nitrogen and oxygen atoms in total. The van der Waals surface area contributed by atoms with Crippen molar-refractivity contribution in [1.29, 1.82) is 0 Å². The number of piperidine rings is 1. The first kappa shape index (κ1) is 14.4. The van der Waals surface area contributed by atoms with E-state index in [-0.39, 0.29) is 43.3 Å². The number of halogens is 3. The third-order valence-corrected chi connectivity index (χ3v) is 3.31. The molecule has 0 aromatic carbocycles. The van der Waals surface area contributed by atoms with E-state index in [9.17, 15) is 23.3 Å². The minimum atomic E-state index is -4.19. The first-order valence-corrected chi connectivity index (χ1v) is 6.01. The topological polar surface area (TPSA) is 85.3 Å². The second kappa shape index (κ2) is 5.14. The molecule has 0 spiro atoms. The van der Waals surface area contributed by atoms with Gasteiger partial charge in [0.15, 0.2) is 0 Å². The van der Waals surface area contributed by atoms with Crippen molar-refractivity contribution in [2.24, 2.45) is 5.92 Å². The lowest BCUT2D eigenvalue weighted by atomic mass is 9.96. The Morgan fingerprint density at radius 3 is 2.45 bits per heavy atom. The van der Waals surface area contributed by atoms with Gasteiger partial charge in [0.1, 0.15) is 11.6 Å². The molecule has 2 heterocycles. The molecule has 2 N–H and O–H groups in total. The average molecular weight is 290 g/mol. The molecule has 20 heavy (non-hydrogen) atoms. The molecule has 110 valence electrons. The van der Waals surface area contributed by atoms with Crippen LogP contribution < -0.4 is 10.6 Å². The van der Waals surface area contributed by atoms with Gasteiger partial charge in [0.25, 0.3) is 5.69 Å². The first-order valence-electron chi connectivity index (χ1n) is 6.01. The lowest BCUT2D eigenvalue weighted by Crippen LogP contribution is -2.39. The van der Waals surface area contributed by atoms with E-state index in [1.54, 1.807) is 4.90 Å². The Labute approximate surface area is 112 Å². The summed E-state index contributed by atoms with van der Waals surface area (Å²) in [4.78, 5) is 15.7. The maximum atomic E-state index is 12.6. The van der Waals surface area contributed by atoms with Crippen LogP contribution in [0.4, 0.5) is 30.5 Å². The van der Waals surface area contributed by atoms with Crippen molar-refractivity contribution in [2.75, 3.05) is 23.7 Å². The lowest BCUT2D eigenvalue weighted by Gasteiger charge is -2.33. The molecule has 0 amide bonds. The highest BCUT2D eigenvalue weighted by Crippen LogP contribution is 2.35. The average Bonchev–Trinajstić information content (AvgIpc) is 2.37. The molecule has 9 heteroatoms. The quantitative estimate of drug-likeness (QED) is 0.667. The smallest absolute Gasteiger partial charge is 0.383 e. The summed E-state index contributed by atoms with van der Waals surface area (Å²) in [5, 5.41) is 10.7. The molecule has 0 aliphatic carbocycles. The predicted octanol–water partition coefficient (Wildman–Crippen LogP) is 2.35. The van der Waals surface area contributed by atoms with Gasteiger partial charge in [0, 0.05) is 13.1 Å². The normalized spacial score (nSPS) is 17.2. The number of nitrogen functional groups attached to an aromatic ring is 1. The summed E-state index contributed by atoms with van der Waals surface area (Å²) in [6.45, 7) is 0.301. The van der Waals surface area contributed by atoms with E-state index in [0.717, 1.165) is 6.07 Å². The van der Waals surface area contributed by atoms with Crippen molar-refractivity contribution in [3.63, 3.8) is 0 Å². The Morgan fingerprint density at radius 2 is 1.95 bits per heavy atom. The molecular weight excluding hydrogens is 277 g/mol. The molecule has 1 aromatic heterocycles. The molecule has 1 saturated heterocycles. The zero-order valence-corrected chi connectivity index (χ0v) is 10.4. The van der Waals surface area contributed by atoms with Crippen LogP contribution in [0.2, 0.25) is 0 Å². The van der Waals surface area contributed by atoms with Crippen molar-refractivity contribution in [3.05, 3.63) is 22.2 Å². The Morgan fingerprint density at radius 1 is 1.35 bits per heavy atom. The number of alkyl halides is 3. The van der Waals surface area contributed by atoms with Crippen molar-refractivity contribution < 1.29 is 18.1 Å². The highest BCUT2D eigenvalue weighted by Gasteiger charge is 2.41. The largest absolute Gasteiger partial charge is 0.391 e. The Bertz CT molecular complexity index is 513. The van der Waals surface area contributed by atoms with Crippen LogP contribution in [0.25, 0.3) is 0 Å². The molecule has 1 aromatic rings. The van der Waals surface area contributed by atoms with E-state index >= 15 is 0 Å². The number of rotatable bonds is 2. The monoisotopic (exact) mass is 290 g/mol. The fraction of sp³-hybridized carbons (Fsp3) is 0.545. The standard InChI is InChI=1S/C11H13F3N4O2/c12-11(13,14)7-1-3-17(4-2-7)10-6-8(18(19)20)5-9(15)16-10/h5-7H,1-4H2,(H2,15,16). The molecule has 0 radical (unpaired) electrons. The molecule has 1 aliphatic heterocycles. The zero-order valence-electron chi connectivity index (χ0n) is 10.4. The van der Waals surface area contributed by atoms with Gasteiger partial charge < -0.3 is 10.6 Å². The summed E-state index contributed by atoms with van der Waals surface area (Å²) in [5.41, 5.74) is 5.26. The minimum absolute atomic E-state index is 0.0212. The second-order valence-electron chi connectivity index (χ2n) is 4.67. The summed E-state index contributed by atoms with van der Waals surface area (Å²) in [6.07, 6.45) is -4.29. The molecule has 0 bridgehead atoms. The maximum absolute atomic E-state index is 12.6. The molecule has 0 atom stereocenters. The molecule has 0 unspecified atom stereocenters. The van der Waals surface area contributed by atoms with Gasteiger partial charge in [-0.2, -0.15) is 13.2 Å². The zero-order chi connectivity index (χ0) is 14.9. The summed E-state index contributed by atoms with van der Waals surface area (Å²) >= 11 is 0. The minimum Gasteiger partial charge on any atom is -0.383 e. The van der Waals surface area contributed by atoms with Gasteiger partial charge in [0.05, 0.1) is 23.0 Å². The highest BCUT2D eigenvalue weighted by molar-refractivity contribution is 5.54. The lowest BCUT2D eigenvalue weighted by molar-refractivity contribution is -0.384. The van der Waals surface area contributed by atoms with Gasteiger partial charge in [-0.15, -0.1) is 0 Å². The first-order chi connectivity index (χ1) is 9.27. The van der Waals surface area contributed by atoms with Crippen LogP contribution in [0.3, 0.4) is 0 Å². The van der Waals surface area contributed by atoms with Gasteiger partial charge >= 0.3 is 6.18 Å². The van der Waals surface area contributed by atoms with Crippen molar-refractivity contribution in [3.8, 4) is 0 Å². The van der Waals surface area contributed by atoms with E-state index in [2.05, 4.69) is 4.98 Å². The van der Waals surface area contributed by atoms with Gasteiger partial charge in [-0.1, -0.05) is 0 Å². The van der Waals surface area contributed by atoms with Crippen LogP contribution in [0.5, 0.6) is 0 Å². The Hall–Kier alpha value is -2.06. The molecule has 1 fully saturated rings. The number of pyridine rings is 1. The number of nitrogens with two attached hydrogens (primary N) is 1. The molecule has 0 saturated carbocycles. The van der Waals surface area contributed by atoms with E-state index in [4.69, 9.17) is 5.73 Å². The summed E-state index contributed by atoms with van der Waals surface area (Å²) in [7, 11) is 0.